The number of ether oxygens (including phenoxy) is 2. The molecule has 0 saturated heterocycles. The number of methoxy groups -OCH3 is 2. The Morgan fingerprint density at radius 1 is 1.03 bits per heavy atom. The van der Waals surface area contributed by atoms with Crippen molar-refractivity contribution in [3.63, 3.8) is 0 Å². The van der Waals surface area contributed by atoms with Crippen LogP contribution in [0.25, 0.3) is 22.0 Å². The molecule has 3 aromatic rings. The van der Waals surface area contributed by atoms with Crippen LogP contribution in [-0.4, -0.2) is 30.2 Å². The maximum atomic E-state index is 6.55. The van der Waals surface area contributed by atoms with Crippen molar-refractivity contribution in [3.8, 4) is 22.6 Å². The van der Waals surface area contributed by atoms with E-state index >= 15 is 0 Å². The van der Waals surface area contributed by atoms with Gasteiger partial charge in [0.1, 0.15) is 11.5 Å². The van der Waals surface area contributed by atoms with Crippen LogP contribution in [0.3, 0.4) is 0 Å². The second-order valence-electron chi connectivity index (χ2n) is 7.51. The highest BCUT2D eigenvalue weighted by atomic mass is 35.5. The van der Waals surface area contributed by atoms with E-state index in [-0.39, 0.29) is 0 Å². The summed E-state index contributed by atoms with van der Waals surface area (Å²) in [6, 6.07) is 8.00. The van der Waals surface area contributed by atoms with E-state index in [4.69, 9.17) is 32.7 Å². The van der Waals surface area contributed by atoms with Crippen LogP contribution in [0, 0.1) is 5.92 Å². The Labute approximate surface area is 180 Å². The molecule has 0 bridgehead atoms. The fourth-order valence-electron chi connectivity index (χ4n) is 3.92. The molecular formula is C22H23Cl2N3O2. The Bertz CT molecular complexity index is 1030. The number of halogens is 2. The first-order chi connectivity index (χ1) is 14.0. The monoisotopic (exact) mass is 431 g/mol. The zero-order valence-corrected chi connectivity index (χ0v) is 18.1. The lowest BCUT2D eigenvalue weighted by Gasteiger charge is -2.15. The quantitative estimate of drug-likeness (QED) is 0.519. The summed E-state index contributed by atoms with van der Waals surface area (Å²) in [6.45, 7) is 2.29. The highest BCUT2D eigenvalue weighted by Crippen LogP contribution is 2.46. The predicted molar refractivity (Wildman–Crippen MR) is 119 cm³/mol. The van der Waals surface area contributed by atoms with Gasteiger partial charge in [0.15, 0.2) is 0 Å². The van der Waals surface area contributed by atoms with Crippen molar-refractivity contribution >= 4 is 40.1 Å². The van der Waals surface area contributed by atoms with E-state index in [1.54, 1.807) is 20.3 Å². The molecule has 29 heavy (non-hydrogen) atoms. The molecule has 1 heterocycles. The minimum absolute atomic E-state index is 0.437. The van der Waals surface area contributed by atoms with Gasteiger partial charge in [0.25, 0.3) is 0 Å². The molecule has 1 fully saturated rings. The van der Waals surface area contributed by atoms with Gasteiger partial charge >= 0.3 is 0 Å². The fraction of sp³-hybridized carbons (Fsp3) is 0.364. The molecule has 1 unspecified atom stereocenters. The molecule has 0 spiro atoms. The Balaban J connectivity index is 1.70. The first-order valence-electron chi connectivity index (χ1n) is 9.63. The molecule has 1 aromatic heterocycles. The van der Waals surface area contributed by atoms with E-state index in [1.807, 2.05) is 24.4 Å². The topological polar surface area (TPSA) is 56.3 Å². The number of hydrogen-bond donors (Lipinski definition) is 1. The van der Waals surface area contributed by atoms with Gasteiger partial charge in [0.05, 0.1) is 29.8 Å². The molecule has 5 nitrogen and oxygen atoms in total. The van der Waals surface area contributed by atoms with Crippen molar-refractivity contribution in [1.82, 2.24) is 9.97 Å². The third-order valence-corrected chi connectivity index (χ3v) is 6.22. The highest BCUT2D eigenvalue weighted by Gasteiger charge is 2.22. The maximum absolute atomic E-state index is 6.55. The molecule has 0 aliphatic heterocycles. The van der Waals surface area contributed by atoms with Gasteiger partial charge in [0, 0.05) is 29.3 Å². The molecule has 0 amide bonds. The number of anilines is 1. The lowest BCUT2D eigenvalue weighted by atomic mass is 10.0. The number of benzene rings is 2. The first-order valence-corrected chi connectivity index (χ1v) is 10.4. The highest BCUT2D eigenvalue weighted by molar-refractivity contribution is 6.41. The molecule has 0 radical (unpaired) electrons. The van der Waals surface area contributed by atoms with Crippen molar-refractivity contribution in [2.75, 3.05) is 19.5 Å². The second-order valence-corrected chi connectivity index (χ2v) is 8.27. The van der Waals surface area contributed by atoms with Gasteiger partial charge in [-0.2, -0.15) is 0 Å². The van der Waals surface area contributed by atoms with Gasteiger partial charge < -0.3 is 14.8 Å². The predicted octanol–water partition coefficient (Wildman–Crippen LogP) is 6.22. The van der Waals surface area contributed by atoms with Crippen LogP contribution in [-0.2, 0) is 0 Å². The summed E-state index contributed by atoms with van der Waals surface area (Å²) in [4.78, 5) is 9.18. The van der Waals surface area contributed by atoms with Crippen molar-refractivity contribution in [3.05, 3.63) is 40.5 Å². The summed E-state index contributed by atoms with van der Waals surface area (Å²) in [7, 11) is 3.12. The summed E-state index contributed by atoms with van der Waals surface area (Å²) in [5.41, 5.74) is 2.37. The number of fused-ring (bicyclic) bond motifs is 1. The fourth-order valence-corrected chi connectivity index (χ4v) is 4.64. The molecule has 1 aliphatic rings. The number of nitrogens with one attached hydrogen (secondary N) is 1. The Morgan fingerprint density at radius 3 is 2.38 bits per heavy atom. The smallest absolute Gasteiger partial charge is 0.223 e. The van der Waals surface area contributed by atoms with E-state index in [1.165, 1.54) is 6.42 Å². The first kappa shape index (κ1) is 20.0. The van der Waals surface area contributed by atoms with E-state index in [2.05, 4.69) is 22.2 Å². The van der Waals surface area contributed by atoms with Gasteiger partial charge in [-0.1, -0.05) is 36.2 Å². The summed E-state index contributed by atoms with van der Waals surface area (Å²) in [6.07, 6.45) is 5.40. The van der Waals surface area contributed by atoms with Crippen LogP contribution in [0.1, 0.15) is 26.2 Å². The molecule has 1 saturated carbocycles. The molecule has 7 heteroatoms. The third kappa shape index (κ3) is 3.94. The van der Waals surface area contributed by atoms with Crippen LogP contribution >= 0.6 is 23.2 Å². The van der Waals surface area contributed by atoms with Crippen molar-refractivity contribution in [1.29, 1.82) is 0 Å². The largest absolute Gasteiger partial charge is 0.495 e. The zero-order chi connectivity index (χ0) is 20.5. The van der Waals surface area contributed by atoms with Gasteiger partial charge in [0.2, 0.25) is 5.95 Å². The van der Waals surface area contributed by atoms with E-state index in [0.717, 1.165) is 35.2 Å². The van der Waals surface area contributed by atoms with Crippen LogP contribution in [0.2, 0.25) is 10.0 Å². The average Bonchev–Trinajstić information content (AvgIpc) is 3.13. The van der Waals surface area contributed by atoms with Crippen molar-refractivity contribution in [2.24, 2.45) is 5.92 Å². The second kappa shape index (κ2) is 8.25. The molecule has 2 aromatic carbocycles. The van der Waals surface area contributed by atoms with Crippen LogP contribution in [0.15, 0.2) is 30.5 Å². The SMILES string of the molecule is COc1cc(OC)c(Cl)c(-c2ccc3nc(N[C@H]4CCC(C)C4)ncc3c2)c1Cl. The number of aromatic nitrogens is 2. The molecule has 2 atom stereocenters. The maximum Gasteiger partial charge on any atom is 0.223 e. The van der Waals surface area contributed by atoms with E-state index in [0.29, 0.717) is 39.1 Å². The van der Waals surface area contributed by atoms with Crippen molar-refractivity contribution < 1.29 is 9.47 Å². The third-order valence-electron chi connectivity index (χ3n) is 5.47. The molecule has 1 aliphatic carbocycles. The minimum atomic E-state index is 0.437. The van der Waals surface area contributed by atoms with Crippen LogP contribution in [0.5, 0.6) is 11.5 Å². The van der Waals surface area contributed by atoms with Crippen LogP contribution < -0.4 is 14.8 Å². The number of nitrogens with zero attached hydrogens (tertiary/aromatic N) is 2. The van der Waals surface area contributed by atoms with Crippen LogP contribution in [0.4, 0.5) is 5.95 Å². The Kier molecular flexibility index (Phi) is 5.70. The average molecular weight is 432 g/mol. The lowest BCUT2D eigenvalue weighted by Crippen LogP contribution is -2.17. The van der Waals surface area contributed by atoms with Gasteiger partial charge in [-0.15, -0.1) is 0 Å². The standard InChI is InChI=1S/C22H23Cl2N3O2/c1-12-4-6-15(8-12)26-22-25-11-14-9-13(5-7-16(14)27-22)19-20(23)17(28-2)10-18(29-3)21(19)24/h5,7,9-12,15H,4,6,8H2,1-3H3,(H,25,26,27)/t12?,15-/m0/s1. The van der Waals surface area contributed by atoms with Gasteiger partial charge in [-0.05, 0) is 42.9 Å². The Morgan fingerprint density at radius 2 is 1.76 bits per heavy atom. The summed E-state index contributed by atoms with van der Waals surface area (Å²) in [5, 5.41) is 5.24. The molecule has 1 N–H and O–H groups in total. The van der Waals surface area contributed by atoms with Gasteiger partial charge in [-0.3, -0.25) is 0 Å². The van der Waals surface area contributed by atoms with E-state index < -0.39 is 0 Å². The molecular weight excluding hydrogens is 409 g/mol. The summed E-state index contributed by atoms with van der Waals surface area (Å²) < 4.78 is 10.8. The van der Waals surface area contributed by atoms with Crippen molar-refractivity contribution in [2.45, 2.75) is 32.2 Å². The molecule has 152 valence electrons. The number of hydrogen-bond acceptors (Lipinski definition) is 5. The normalized spacial score (nSPS) is 18.8. The lowest BCUT2D eigenvalue weighted by molar-refractivity contribution is 0.395. The zero-order valence-electron chi connectivity index (χ0n) is 16.6. The molecule has 4 rings (SSSR count). The number of rotatable bonds is 5. The van der Waals surface area contributed by atoms with E-state index in [9.17, 15) is 0 Å². The van der Waals surface area contributed by atoms with Gasteiger partial charge in [-0.25, -0.2) is 9.97 Å². The Hall–Kier alpha value is -2.24. The summed E-state index contributed by atoms with van der Waals surface area (Å²) >= 11 is 13.1. The minimum Gasteiger partial charge on any atom is -0.495 e. The summed E-state index contributed by atoms with van der Waals surface area (Å²) in [5.74, 6) is 2.43.